The van der Waals surface area contributed by atoms with Crippen LogP contribution in [-0.2, 0) is 0 Å². The largest absolute Gasteiger partial charge is 0.409 e. The van der Waals surface area contributed by atoms with E-state index in [0.29, 0.717) is 10.6 Å². The first-order valence-corrected chi connectivity index (χ1v) is 5.86. The van der Waals surface area contributed by atoms with Gasteiger partial charge >= 0.3 is 0 Å². The Balaban J connectivity index is 2.74. The van der Waals surface area contributed by atoms with E-state index in [1.165, 1.54) is 0 Å². The Hall–Kier alpha value is -1.75. The molecule has 18 heavy (non-hydrogen) atoms. The fourth-order valence-corrected chi connectivity index (χ4v) is 1.74. The first-order valence-electron chi connectivity index (χ1n) is 5.48. The molecule has 4 N–H and O–H groups in total. The van der Waals surface area contributed by atoms with Crippen LogP contribution in [-0.4, -0.2) is 23.0 Å². The average Bonchev–Trinajstić information content (AvgIpc) is 2.32. The summed E-state index contributed by atoms with van der Waals surface area (Å²) in [6, 6.07) is 4.92. The number of nitrogens with one attached hydrogen (secondary N) is 1. The monoisotopic (exact) mass is 269 g/mol. The van der Waals surface area contributed by atoms with Crippen molar-refractivity contribution < 1.29 is 10.0 Å². The Morgan fingerprint density at radius 3 is 2.89 bits per heavy atom. The van der Waals surface area contributed by atoms with Gasteiger partial charge in [0.2, 0.25) is 0 Å². The number of amides is 1. The van der Waals surface area contributed by atoms with E-state index >= 15 is 0 Å². The molecule has 98 valence electrons. The van der Waals surface area contributed by atoms with Crippen LogP contribution in [0.4, 0.5) is 0 Å². The molecule has 0 saturated carbocycles. The van der Waals surface area contributed by atoms with Crippen molar-refractivity contribution in [2.24, 2.45) is 10.9 Å². The molecule has 0 saturated heterocycles. The molecule has 1 aromatic rings. The number of carbonyl (C=O) groups is 1. The Morgan fingerprint density at radius 1 is 1.61 bits per heavy atom. The van der Waals surface area contributed by atoms with Gasteiger partial charge in [0.25, 0.3) is 5.91 Å². The molecule has 0 radical (unpaired) electrons. The zero-order valence-corrected chi connectivity index (χ0v) is 11.0. The van der Waals surface area contributed by atoms with Crippen molar-refractivity contribution in [1.29, 1.82) is 0 Å². The second-order valence-electron chi connectivity index (χ2n) is 4.08. The van der Waals surface area contributed by atoms with E-state index in [1.54, 1.807) is 32.0 Å². The van der Waals surface area contributed by atoms with Crippen molar-refractivity contribution in [1.82, 2.24) is 5.32 Å². The maximum absolute atomic E-state index is 12.0. The summed E-state index contributed by atoms with van der Waals surface area (Å²) in [5, 5.41) is 14.6. The number of nitrogens with zero attached hydrogens (tertiary/aromatic N) is 1. The summed E-state index contributed by atoms with van der Waals surface area (Å²) in [5.74, 6) is -0.154. The molecule has 0 bridgehead atoms. The number of halogens is 1. The minimum absolute atomic E-state index is 0.0746. The van der Waals surface area contributed by atoms with E-state index in [4.69, 9.17) is 22.5 Å². The number of rotatable bonds is 4. The molecule has 1 atom stereocenters. The van der Waals surface area contributed by atoms with Gasteiger partial charge in [0, 0.05) is 23.0 Å². The van der Waals surface area contributed by atoms with Crippen molar-refractivity contribution in [3.8, 4) is 0 Å². The molecular formula is C12H16ClN3O2. The van der Waals surface area contributed by atoms with E-state index in [0.717, 1.165) is 5.56 Å². The molecule has 0 aliphatic heterocycles. The topological polar surface area (TPSA) is 87.7 Å². The lowest BCUT2D eigenvalue weighted by atomic mass is 10.1. The van der Waals surface area contributed by atoms with Crippen molar-refractivity contribution in [3.63, 3.8) is 0 Å². The van der Waals surface area contributed by atoms with Crippen LogP contribution in [0, 0.1) is 6.92 Å². The Morgan fingerprint density at radius 2 is 2.28 bits per heavy atom. The molecule has 0 aliphatic carbocycles. The third-order valence-corrected chi connectivity index (χ3v) is 2.94. The van der Waals surface area contributed by atoms with Crippen molar-refractivity contribution in [2.45, 2.75) is 26.3 Å². The van der Waals surface area contributed by atoms with Crippen LogP contribution in [0.1, 0.15) is 29.3 Å². The number of benzene rings is 1. The van der Waals surface area contributed by atoms with E-state index in [9.17, 15) is 4.79 Å². The fraction of sp³-hybridized carbons (Fsp3) is 0.333. The average molecular weight is 270 g/mol. The van der Waals surface area contributed by atoms with Crippen LogP contribution in [0.2, 0.25) is 5.02 Å². The summed E-state index contributed by atoms with van der Waals surface area (Å²) >= 11 is 5.95. The summed E-state index contributed by atoms with van der Waals surface area (Å²) in [7, 11) is 0. The minimum Gasteiger partial charge on any atom is -0.409 e. The molecule has 0 fully saturated rings. The van der Waals surface area contributed by atoms with Gasteiger partial charge < -0.3 is 16.3 Å². The van der Waals surface area contributed by atoms with Gasteiger partial charge in [0.15, 0.2) is 0 Å². The molecule has 0 spiro atoms. The Bertz CT molecular complexity index is 474. The van der Waals surface area contributed by atoms with Crippen LogP contribution in [0.3, 0.4) is 0 Å². The molecular weight excluding hydrogens is 254 g/mol. The number of nitrogens with two attached hydrogens (primary N) is 1. The van der Waals surface area contributed by atoms with Crippen LogP contribution in [0.5, 0.6) is 0 Å². The van der Waals surface area contributed by atoms with E-state index in [1.807, 2.05) is 0 Å². The molecule has 0 aliphatic rings. The lowest BCUT2D eigenvalue weighted by Crippen LogP contribution is -2.36. The van der Waals surface area contributed by atoms with Gasteiger partial charge in [-0.05, 0) is 31.5 Å². The molecule has 1 unspecified atom stereocenters. The SMILES string of the molecule is Cc1c(Cl)cccc1C(=O)NC(C)C/C(N)=N/O. The smallest absolute Gasteiger partial charge is 0.251 e. The van der Waals surface area contributed by atoms with Gasteiger partial charge in [-0.2, -0.15) is 0 Å². The normalized spacial score (nSPS) is 13.2. The molecule has 1 rings (SSSR count). The van der Waals surface area contributed by atoms with E-state index in [-0.39, 0.29) is 24.2 Å². The van der Waals surface area contributed by atoms with Crippen LogP contribution < -0.4 is 11.1 Å². The van der Waals surface area contributed by atoms with Crippen LogP contribution in [0.25, 0.3) is 0 Å². The highest BCUT2D eigenvalue weighted by atomic mass is 35.5. The van der Waals surface area contributed by atoms with Crippen molar-refractivity contribution in [2.75, 3.05) is 0 Å². The lowest BCUT2D eigenvalue weighted by Gasteiger charge is -2.14. The summed E-state index contributed by atoms with van der Waals surface area (Å²) in [4.78, 5) is 12.0. The third-order valence-electron chi connectivity index (χ3n) is 2.53. The molecule has 0 aromatic heterocycles. The molecule has 1 amide bonds. The standard InChI is InChI=1S/C12H16ClN3O2/c1-7(6-11(14)16-18)15-12(17)9-4-3-5-10(13)8(9)2/h3-5,7,18H,6H2,1-2H3,(H2,14,16)(H,15,17). The van der Waals surface area contributed by atoms with Gasteiger partial charge in [-0.25, -0.2) is 0 Å². The molecule has 6 heteroatoms. The molecule has 0 heterocycles. The summed E-state index contributed by atoms with van der Waals surface area (Å²) in [6.45, 7) is 3.56. The van der Waals surface area contributed by atoms with Crippen molar-refractivity contribution >= 4 is 23.3 Å². The van der Waals surface area contributed by atoms with Crippen LogP contribution in [0.15, 0.2) is 23.4 Å². The van der Waals surface area contributed by atoms with E-state index in [2.05, 4.69) is 10.5 Å². The predicted octanol–water partition coefficient (Wildman–Crippen LogP) is 1.90. The maximum atomic E-state index is 12.0. The van der Waals surface area contributed by atoms with Gasteiger partial charge in [-0.3, -0.25) is 4.79 Å². The second kappa shape index (κ2) is 6.26. The third kappa shape index (κ3) is 3.63. The summed E-state index contributed by atoms with van der Waals surface area (Å²) < 4.78 is 0. The minimum atomic E-state index is -0.230. The molecule has 1 aromatic carbocycles. The number of hydrogen-bond acceptors (Lipinski definition) is 3. The highest BCUT2D eigenvalue weighted by molar-refractivity contribution is 6.31. The highest BCUT2D eigenvalue weighted by Gasteiger charge is 2.14. The maximum Gasteiger partial charge on any atom is 0.251 e. The zero-order chi connectivity index (χ0) is 13.7. The van der Waals surface area contributed by atoms with Gasteiger partial charge in [-0.1, -0.05) is 22.8 Å². The van der Waals surface area contributed by atoms with Gasteiger partial charge in [0.05, 0.1) is 0 Å². The molecule has 5 nitrogen and oxygen atoms in total. The van der Waals surface area contributed by atoms with Crippen molar-refractivity contribution in [3.05, 3.63) is 34.3 Å². The fourth-order valence-electron chi connectivity index (χ4n) is 1.56. The first kappa shape index (κ1) is 14.3. The lowest BCUT2D eigenvalue weighted by molar-refractivity contribution is 0.0940. The number of amidine groups is 1. The van der Waals surface area contributed by atoms with Crippen LogP contribution >= 0.6 is 11.6 Å². The summed E-state index contributed by atoms with van der Waals surface area (Å²) in [6.07, 6.45) is 0.280. The first-order chi connectivity index (χ1) is 8.45. The number of hydrogen-bond donors (Lipinski definition) is 3. The van der Waals surface area contributed by atoms with Gasteiger partial charge in [0.1, 0.15) is 5.84 Å². The summed E-state index contributed by atoms with van der Waals surface area (Å²) in [5.41, 5.74) is 6.62. The quantitative estimate of drug-likeness (QED) is 0.338. The van der Waals surface area contributed by atoms with E-state index < -0.39 is 0 Å². The number of oxime groups is 1. The zero-order valence-electron chi connectivity index (χ0n) is 10.3. The Labute approximate surface area is 111 Å². The predicted molar refractivity (Wildman–Crippen MR) is 71.1 cm³/mol. The highest BCUT2D eigenvalue weighted by Crippen LogP contribution is 2.18. The van der Waals surface area contributed by atoms with Gasteiger partial charge in [-0.15, -0.1) is 0 Å². The second-order valence-corrected chi connectivity index (χ2v) is 4.49. The number of carbonyl (C=O) groups excluding carboxylic acids is 1. The Kier molecular flexibility index (Phi) is 4.97.